The maximum absolute atomic E-state index is 14.4. The van der Waals surface area contributed by atoms with Gasteiger partial charge in [0, 0.05) is 32.0 Å². The van der Waals surface area contributed by atoms with Gasteiger partial charge >= 0.3 is 6.03 Å². The molecule has 2 aliphatic heterocycles. The van der Waals surface area contributed by atoms with E-state index in [1.165, 1.54) is 9.80 Å². The number of ketones is 1. The minimum atomic E-state index is -1.03. The Morgan fingerprint density at radius 3 is 1.94 bits per heavy atom. The number of carbonyl (C=O) groups is 7. The molecule has 50 heavy (non-hydrogen) atoms. The Balaban J connectivity index is 1.51. The summed E-state index contributed by atoms with van der Waals surface area (Å²) < 4.78 is 0. The molecule has 280 valence electrons. The lowest BCUT2D eigenvalue weighted by atomic mass is 9.80. The van der Waals surface area contributed by atoms with E-state index in [0.29, 0.717) is 13.0 Å². The van der Waals surface area contributed by atoms with Gasteiger partial charge in [-0.15, -0.1) is 0 Å². The molecule has 4 fully saturated rings. The van der Waals surface area contributed by atoms with Crippen LogP contribution in [0.5, 0.6) is 0 Å². The van der Waals surface area contributed by atoms with Gasteiger partial charge in [0.25, 0.3) is 5.91 Å². The lowest BCUT2D eigenvalue weighted by molar-refractivity contribution is -0.153. The van der Waals surface area contributed by atoms with Crippen LogP contribution < -0.4 is 21.3 Å². The normalized spacial score (nSPS) is 25.9. The fourth-order valence-electron chi connectivity index (χ4n) is 7.55. The van der Waals surface area contributed by atoms with Crippen molar-refractivity contribution in [2.45, 2.75) is 145 Å². The quantitative estimate of drug-likeness (QED) is 0.179. The first-order chi connectivity index (χ1) is 22.9. The number of hydrogen-bond acceptors (Lipinski definition) is 7. The van der Waals surface area contributed by atoms with Crippen molar-refractivity contribution in [3.05, 3.63) is 0 Å². The second kappa shape index (κ2) is 13.9. The van der Waals surface area contributed by atoms with E-state index in [-0.39, 0.29) is 60.9 Å². The lowest BCUT2D eigenvalue weighted by Crippen LogP contribution is -2.63. The topological polar surface area (TPSA) is 174 Å². The number of fused-ring (bicyclic) bond motifs is 1. The molecule has 4 rings (SSSR count). The summed E-state index contributed by atoms with van der Waals surface area (Å²) in [5.41, 5.74) is -1.93. The Labute approximate surface area is 297 Å². The number of urea groups is 1. The third-order valence-electron chi connectivity index (χ3n) is 11.1. The fourth-order valence-corrected chi connectivity index (χ4v) is 7.55. The van der Waals surface area contributed by atoms with Crippen LogP contribution in [0.3, 0.4) is 0 Å². The van der Waals surface area contributed by atoms with Crippen molar-refractivity contribution in [3.63, 3.8) is 0 Å². The van der Waals surface area contributed by atoms with Crippen molar-refractivity contribution < 1.29 is 33.6 Å². The molecule has 0 radical (unpaired) electrons. The fraction of sp³-hybridized carbons (Fsp3) is 0.811. The van der Waals surface area contributed by atoms with Crippen LogP contribution in [0.25, 0.3) is 0 Å². The van der Waals surface area contributed by atoms with Gasteiger partial charge in [0.15, 0.2) is 0 Å². The zero-order valence-corrected chi connectivity index (χ0v) is 32.0. The molecule has 0 aromatic heterocycles. The van der Waals surface area contributed by atoms with E-state index in [0.717, 1.165) is 12.8 Å². The van der Waals surface area contributed by atoms with Crippen LogP contribution in [-0.2, 0) is 28.8 Å². The van der Waals surface area contributed by atoms with Crippen molar-refractivity contribution in [2.24, 2.45) is 33.5 Å². The second-order valence-electron chi connectivity index (χ2n) is 18.6. The highest BCUT2D eigenvalue weighted by Gasteiger charge is 2.70. The molecule has 0 aromatic rings. The number of imide groups is 1. The van der Waals surface area contributed by atoms with Gasteiger partial charge in [0.2, 0.25) is 29.4 Å². The van der Waals surface area contributed by atoms with Gasteiger partial charge in [-0.3, -0.25) is 33.7 Å². The molecule has 13 heteroatoms. The molecule has 7 amide bonds. The van der Waals surface area contributed by atoms with E-state index in [4.69, 9.17) is 0 Å². The Bertz CT molecular complexity index is 1390. The number of Topliss-reactive ketones (excluding diaryl/α,β-unsaturated/α-hetero) is 1. The van der Waals surface area contributed by atoms with Crippen LogP contribution in [0.1, 0.15) is 115 Å². The summed E-state index contributed by atoms with van der Waals surface area (Å²) in [7, 11) is 0. The summed E-state index contributed by atoms with van der Waals surface area (Å²) in [4.78, 5) is 96.5. The SMILES string of the molecule is CCC[C@H](NC(=O)[C@@H]1[C@@H]2[C@H](CN1C(=O)[C@@H](NC(=O)N[C@H](CN1C(=O)CC(C)(C)CC1=O)C(C)(C)C)C(C)(C)C)C2(C)C)C(=O)C(=O)NC1CC1. The minimum absolute atomic E-state index is 0.000245. The molecule has 13 nitrogen and oxygen atoms in total. The first kappa shape index (κ1) is 39.3. The first-order valence-corrected chi connectivity index (χ1v) is 18.2. The number of rotatable bonds is 12. The Kier molecular flexibility index (Phi) is 10.9. The van der Waals surface area contributed by atoms with Gasteiger partial charge in [-0.2, -0.15) is 0 Å². The van der Waals surface area contributed by atoms with Crippen molar-refractivity contribution in [1.82, 2.24) is 31.1 Å². The summed E-state index contributed by atoms with van der Waals surface area (Å²) in [6.07, 6.45) is 2.97. The molecule has 2 saturated heterocycles. The van der Waals surface area contributed by atoms with Crippen LogP contribution in [0.2, 0.25) is 0 Å². The highest BCUT2D eigenvalue weighted by atomic mass is 16.2. The molecule has 2 heterocycles. The Morgan fingerprint density at radius 1 is 0.860 bits per heavy atom. The third-order valence-corrected chi connectivity index (χ3v) is 11.1. The molecule has 0 bridgehead atoms. The molecule has 4 N–H and O–H groups in total. The zero-order chi connectivity index (χ0) is 37.7. The van der Waals surface area contributed by atoms with E-state index >= 15 is 0 Å². The molecule has 4 aliphatic rings. The summed E-state index contributed by atoms with van der Waals surface area (Å²) in [5, 5.41) is 11.3. The number of piperidine rings is 2. The first-order valence-electron chi connectivity index (χ1n) is 18.2. The average molecular weight is 701 g/mol. The van der Waals surface area contributed by atoms with Crippen molar-refractivity contribution >= 4 is 41.4 Å². The van der Waals surface area contributed by atoms with Gasteiger partial charge in [0.05, 0.1) is 12.1 Å². The number of amides is 7. The molecule has 2 aliphatic carbocycles. The van der Waals surface area contributed by atoms with Gasteiger partial charge in [-0.05, 0) is 52.8 Å². The van der Waals surface area contributed by atoms with Crippen LogP contribution in [0.15, 0.2) is 0 Å². The highest BCUT2D eigenvalue weighted by Crippen LogP contribution is 2.65. The highest BCUT2D eigenvalue weighted by molar-refractivity contribution is 6.38. The van der Waals surface area contributed by atoms with Crippen LogP contribution in [0.4, 0.5) is 4.79 Å². The maximum atomic E-state index is 14.4. The van der Waals surface area contributed by atoms with Crippen molar-refractivity contribution in [2.75, 3.05) is 13.1 Å². The van der Waals surface area contributed by atoms with Gasteiger partial charge < -0.3 is 26.2 Å². The monoisotopic (exact) mass is 700 g/mol. The number of likely N-dealkylation sites (tertiary alicyclic amines) is 2. The smallest absolute Gasteiger partial charge is 0.315 e. The summed E-state index contributed by atoms with van der Waals surface area (Å²) >= 11 is 0. The Morgan fingerprint density at radius 2 is 1.44 bits per heavy atom. The van der Waals surface area contributed by atoms with E-state index in [2.05, 4.69) is 35.1 Å². The molecule has 2 saturated carbocycles. The van der Waals surface area contributed by atoms with Gasteiger partial charge in [-0.25, -0.2) is 4.79 Å². The Hall–Kier alpha value is -3.51. The standard InChI is InChI=1S/C37H60N6O7/c1-12-13-22(28(46)31(48)38-20-14-15-20)39-30(47)27-26-21(37(26,10)11)18-43(27)32(49)29(35(5,6)7)41-33(50)40-23(34(2,3)4)19-42-24(44)16-36(8,9)17-25(42)45/h20-23,26-27,29H,12-19H2,1-11H3,(H,38,48)(H,39,47)(H2,40,41,50)/t21-,22-,23+,26-,27-,29+/m0/s1. The van der Waals surface area contributed by atoms with E-state index in [9.17, 15) is 33.6 Å². The van der Waals surface area contributed by atoms with Crippen LogP contribution in [-0.4, -0.2) is 94.4 Å². The summed E-state index contributed by atoms with van der Waals surface area (Å²) in [6.45, 7) is 21.3. The third kappa shape index (κ3) is 8.67. The maximum Gasteiger partial charge on any atom is 0.315 e. The predicted octanol–water partition coefficient (Wildman–Crippen LogP) is 2.91. The number of nitrogens with zero attached hydrogens (tertiary/aromatic N) is 2. The largest absolute Gasteiger partial charge is 0.347 e. The molecule has 0 aromatic carbocycles. The predicted molar refractivity (Wildman–Crippen MR) is 187 cm³/mol. The van der Waals surface area contributed by atoms with Crippen molar-refractivity contribution in [1.29, 1.82) is 0 Å². The number of nitrogens with one attached hydrogen (secondary N) is 4. The van der Waals surface area contributed by atoms with Crippen molar-refractivity contribution in [3.8, 4) is 0 Å². The van der Waals surface area contributed by atoms with Crippen LogP contribution in [0, 0.1) is 33.5 Å². The van der Waals surface area contributed by atoms with Crippen LogP contribution >= 0.6 is 0 Å². The van der Waals surface area contributed by atoms with Gasteiger partial charge in [0.1, 0.15) is 12.1 Å². The molecular formula is C37H60N6O7. The van der Waals surface area contributed by atoms with E-state index in [1.54, 1.807) is 0 Å². The number of hydrogen-bond donors (Lipinski definition) is 4. The summed E-state index contributed by atoms with van der Waals surface area (Å²) in [5.74, 6) is -2.94. The minimum Gasteiger partial charge on any atom is -0.347 e. The molecular weight excluding hydrogens is 640 g/mol. The second-order valence-corrected chi connectivity index (χ2v) is 18.6. The zero-order valence-electron chi connectivity index (χ0n) is 32.0. The number of carbonyl (C=O) groups excluding carboxylic acids is 7. The average Bonchev–Trinajstić information content (AvgIpc) is 3.81. The molecule has 6 atom stereocenters. The van der Waals surface area contributed by atoms with E-state index < -0.39 is 69.9 Å². The lowest BCUT2D eigenvalue weighted by Gasteiger charge is -2.40. The summed E-state index contributed by atoms with van der Waals surface area (Å²) in [6, 6.07) is -4.16. The molecule has 0 spiro atoms. The van der Waals surface area contributed by atoms with E-state index in [1.807, 2.05) is 62.3 Å². The molecule has 0 unspecified atom stereocenters. The van der Waals surface area contributed by atoms with Gasteiger partial charge in [-0.1, -0.05) is 82.6 Å².